The summed E-state index contributed by atoms with van der Waals surface area (Å²) in [4.78, 5) is 46.4. The normalized spacial score (nSPS) is 11.0. The highest BCUT2D eigenvalue weighted by molar-refractivity contribution is 6.07. The van der Waals surface area contributed by atoms with Gasteiger partial charge in [-0.2, -0.15) is 4.98 Å². The van der Waals surface area contributed by atoms with Gasteiger partial charge in [0.15, 0.2) is 11.5 Å². The summed E-state index contributed by atoms with van der Waals surface area (Å²) in [5.41, 5.74) is 6.07. The number of benzene rings is 1. The highest BCUT2D eigenvalue weighted by atomic mass is 16.5. The lowest BCUT2D eigenvalue weighted by Gasteiger charge is -2.24. The molecule has 0 saturated heterocycles. The highest BCUT2D eigenvalue weighted by Gasteiger charge is 2.25. The number of nitrogen functional groups attached to an aromatic ring is 1. The fourth-order valence-electron chi connectivity index (χ4n) is 3.54. The second-order valence-electron chi connectivity index (χ2n) is 7.89. The number of rotatable bonds is 10. The van der Waals surface area contributed by atoms with E-state index in [0.717, 1.165) is 25.7 Å². The number of anilines is 2. The largest absolute Gasteiger partial charge is 0.383 e. The fraction of sp³-hybridized carbons (Fsp3) is 0.435. The maximum Gasteiger partial charge on any atom is 0.330 e. The van der Waals surface area contributed by atoms with Crippen molar-refractivity contribution in [1.82, 2.24) is 19.7 Å². The first-order valence-electron chi connectivity index (χ1n) is 11.2. The lowest BCUT2D eigenvalue weighted by atomic mass is 10.1. The van der Waals surface area contributed by atoms with Crippen LogP contribution in [0, 0.1) is 6.92 Å². The molecule has 33 heavy (non-hydrogen) atoms. The monoisotopic (exact) mass is 454 g/mol. The van der Waals surface area contributed by atoms with Crippen LogP contribution in [-0.4, -0.2) is 32.1 Å². The Labute approximate surface area is 191 Å². The van der Waals surface area contributed by atoms with Crippen molar-refractivity contribution < 1.29 is 9.32 Å². The van der Waals surface area contributed by atoms with Gasteiger partial charge in [0.2, 0.25) is 0 Å². The summed E-state index contributed by atoms with van der Waals surface area (Å²) < 4.78 is 6.49. The van der Waals surface area contributed by atoms with Gasteiger partial charge in [0.05, 0.1) is 0 Å². The van der Waals surface area contributed by atoms with E-state index in [1.54, 1.807) is 31.2 Å². The number of aryl methyl sites for hydroxylation is 1. The van der Waals surface area contributed by atoms with Crippen molar-refractivity contribution in [1.29, 1.82) is 0 Å². The minimum Gasteiger partial charge on any atom is -0.383 e. The molecule has 0 aliphatic heterocycles. The van der Waals surface area contributed by atoms with Gasteiger partial charge in [-0.15, -0.1) is 0 Å². The molecule has 0 bridgehead atoms. The van der Waals surface area contributed by atoms with Gasteiger partial charge in [0.1, 0.15) is 5.82 Å². The van der Waals surface area contributed by atoms with Crippen LogP contribution in [0.1, 0.15) is 62.1 Å². The van der Waals surface area contributed by atoms with Gasteiger partial charge >= 0.3 is 5.69 Å². The molecule has 1 amide bonds. The predicted molar refractivity (Wildman–Crippen MR) is 126 cm³/mol. The summed E-state index contributed by atoms with van der Waals surface area (Å²) in [6.45, 7) is 6.43. The lowest BCUT2D eigenvalue weighted by molar-refractivity contribution is 0.0986. The van der Waals surface area contributed by atoms with Gasteiger partial charge < -0.3 is 15.2 Å². The fourth-order valence-corrected chi connectivity index (χ4v) is 3.54. The molecule has 3 N–H and O–H groups in total. The molecule has 176 valence electrons. The standard InChI is InChI=1S/C23H30N6O4/c1-4-6-8-14-28(18-19(24)29(13-7-5-2)23(32)26-20(18)30)22(31)17-11-9-16(10-12-17)21-25-15(3)27-33-21/h9-12H,4-8,13-14,24H2,1-3H3,(H,26,30,32). The maximum absolute atomic E-state index is 13.5. The van der Waals surface area contributed by atoms with Gasteiger partial charge in [-0.1, -0.05) is 38.3 Å². The zero-order chi connectivity index (χ0) is 24.0. The summed E-state index contributed by atoms with van der Waals surface area (Å²) >= 11 is 0. The summed E-state index contributed by atoms with van der Waals surface area (Å²) in [5.74, 6) is 0.493. The van der Waals surface area contributed by atoms with E-state index >= 15 is 0 Å². The molecule has 1 aromatic carbocycles. The minimum absolute atomic E-state index is 0.00000349. The molecule has 0 aliphatic carbocycles. The molecule has 3 rings (SSSR count). The van der Waals surface area contributed by atoms with Crippen LogP contribution in [0.25, 0.3) is 11.5 Å². The average Bonchev–Trinajstić information content (AvgIpc) is 3.23. The van der Waals surface area contributed by atoms with Crippen molar-refractivity contribution >= 4 is 17.4 Å². The molecule has 0 radical (unpaired) electrons. The number of unbranched alkanes of at least 4 members (excludes halogenated alkanes) is 3. The molecule has 0 aliphatic rings. The number of amides is 1. The van der Waals surface area contributed by atoms with Crippen molar-refractivity contribution in [3.63, 3.8) is 0 Å². The third-order valence-electron chi connectivity index (χ3n) is 5.36. The predicted octanol–water partition coefficient (Wildman–Crippen LogP) is 3.11. The Morgan fingerprint density at radius 1 is 1.12 bits per heavy atom. The average molecular weight is 455 g/mol. The minimum atomic E-state index is -0.673. The number of H-pyrrole nitrogens is 1. The van der Waals surface area contributed by atoms with E-state index in [2.05, 4.69) is 22.0 Å². The van der Waals surface area contributed by atoms with E-state index in [1.165, 1.54) is 9.47 Å². The molecule has 0 fully saturated rings. The van der Waals surface area contributed by atoms with Crippen LogP contribution < -0.4 is 21.9 Å². The maximum atomic E-state index is 13.5. The summed E-state index contributed by atoms with van der Waals surface area (Å²) in [5, 5.41) is 3.77. The Morgan fingerprint density at radius 2 is 1.82 bits per heavy atom. The van der Waals surface area contributed by atoms with E-state index in [1.807, 2.05) is 6.92 Å². The molecular weight excluding hydrogens is 424 g/mol. The molecule has 0 saturated carbocycles. The Bertz CT molecular complexity index is 1210. The van der Waals surface area contributed by atoms with Crippen LogP contribution in [0.5, 0.6) is 0 Å². The molecular formula is C23H30N6O4. The quantitative estimate of drug-likeness (QED) is 0.448. The first kappa shape index (κ1) is 24.0. The third-order valence-corrected chi connectivity index (χ3v) is 5.36. The number of hydrogen-bond acceptors (Lipinski definition) is 7. The van der Waals surface area contributed by atoms with Crippen molar-refractivity contribution in [3.05, 3.63) is 56.5 Å². The molecule has 2 aromatic heterocycles. The lowest BCUT2D eigenvalue weighted by Crippen LogP contribution is -2.41. The molecule has 10 heteroatoms. The van der Waals surface area contributed by atoms with E-state index in [4.69, 9.17) is 10.3 Å². The zero-order valence-corrected chi connectivity index (χ0v) is 19.3. The van der Waals surface area contributed by atoms with Crippen LogP contribution in [0.3, 0.4) is 0 Å². The van der Waals surface area contributed by atoms with Crippen LogP contribution in [-0.2, 0) is 6.54 Å². The van der Waals surface area contributed by atoms with E-state index < -0.39 is 11.2 Å². The number of hydrogen-bond donors (Lipinski definition) is 2. The number of nitrogens with two attached hydrogens (primary N) is 1. The van der Waals surface area contributed by atoms with Gasteiger partial charge in [-0.3, -0.25) is 19.1 Å². The SMILES string of the molecule is CCCCCN(C(=O)c1ccc(-c2nc(C)no2)cc1)c1c(N)n(CCCC)c(=O)[nH]c1=O. The number of carbonyl (C=O) groups excluding carboxylic acids is 1. The Balaban J connectivity index is 2.00. The molecule has 0 spiro atoms. The number of nitrogens with zero attached hydrogens (tertiary/aromatic N) is 4. The molecule has 10 nitrogen and oxygen atoms in total. The molecule has 0 atom stereocenters. The number of carbonyl (C=O) groups is 1. The van der Waals surface area contributed by atoms with Crippen LogP contribution in [0.15, 0.2) is 38.4 Å². The molecule has 2 heterocycles. The zero-order valence-electron chi connectivity index (χ0n) is 19.3. The number of aromatic amines is 1. The molecule has 0 unspecified atom stereocenters. The van der Waals surface area contributed by atoms with E-state index in [0.29, 0.717) is 42.4 Å². The first-order chi connectivity index (χ1) is 15.9. The summed E-state index contributed by atoms with van der Waals surface area (Å²) in [6.07, 6.45) is 4.09. The second kappa shape index (κ2) is 10.8. The van der Waals surface area contributed by atoms with Crippen LogP contribution in [0.2, 0.25) is 0 Å². The summed E-state index contributed by atoms with van der Waals surface area (Å²) in [7, 11) is 0. The molecule has 3 aromatic rings. The van der Waals surface area contributed by atoms with Gasteiger partial charge in [0.25, 0.3) is 17.4 Å². The van der Waals surface area contributed by atoms with Crippen LogP contribution >= 0.6 is 0 Å². The Hall–Kier alpha value is -3.69. The van der Waals surface area contributed by atoms with Crippen molar-refractivity contribution in [3.8, 4) is 11.5 Å². The summed E-state index contributed by atoms with van der Waals surface area (Å²) in [6, 6.07) is 6.70. The third kappa shape index (κ3) is 5.39. The van der Waals surface area contributed by atoms with Gasteiger partial charge in [-0.25, -0.2) is 4.79 Å². The van der Waals surface area contributed by atoms with E-state index in [-0.39, 0.29) is 17.4 Å². The highest BCUT2D eigenvalue weighted by Crippen LogP contribution is 2.23. The number of aromatic nitrogens is 4. The van der Waals surface area contributed by atoms with E-state index in [9.17, 15) is 14.4 Å². The smallest absolute Gasteiger partial charge is 0.330 e. The topological polar surface area (TPSA) is 140 Å². The van der Waals surface area contributed by atoms with Crippen LogP contribution in [0.4, 0.5) is 11.5 Å². The Morgan fingerprint density at radius 3 is 2.42 bits per heavy atom. The Kier molecular flexibility index (Phi) is 7.81. The second-order valence-corrected chi connectivity index (χ2v) is 7.89. The first-order valence-corrected chi connectivity index (χ1v) is 11.2. The van der Waals surface area contributed by atoms with Crippen molar-refractivity contribution in [2.75, 3.05) is 17.2 Å². The van der Waals surface area contributed by atoms with Crippen molar-refractivity contribution in [2.45, 2.75) is 59.4 Å². The van der Waals surface area contributed by atoms with Gasteiger partial charge in [-0.05, 0) is 44.0 Å². The number of nitrogens with one attached hydrogen (secondary N) is 1. The van der Waals surface area contributed by atoms with Crippen molar-refractivity contribution in [2.24, 2.45) is 0 Å². The van der Waals surface area contributed by atoms with Gasteiger partial charge in [0, 0.05) is 24.2 Å².